The van der Waals surface area contributed by atoms with E-state index in [9.17, 15) is 8.42 Å². The van der Waals surface area contributed by atoms with E-state index in [1.165, 1.54) is 4.31 Å². The molecule has 0 saturated carbocycles. The third kappa shape index (κ3) is 2.92. The van der Waals surface area contributed by atoms with Crippen molar-refractivity contribution >= 4 is 10.0 Å². The molecule has 1 saturated heterocycles. The van der Waals surface area contributed by atoms with E-state index in [-0.39, 0.29) is 6.04 Å². The third-order valence-corrected chi connectivity index (χ3v) is 5.82. The summed E-state index contributed by atoms with van der Waals surface area (Å²) in [7, 11) is -3.45. The van der Waals surface area contributed by atoms with Crippen LogP contribution in [0.3, 0.4) is 0 Å². The molecule has 22 heavy (non-hydrogen) atoms. The topological polar surface area (TPSA) is 89.4 Å². The first-order valence-electron chi connectivity index (χ1n) is 7.25. The maximum atomic E-state index is 12.6. The summed E-state index contributed by atoms with van der Waals surface area (Å²) in [5, 5.41) is 0. The van der Waals surface area contributed by atoms with Gasteiger partial charge in [0.25, 0.3) is 0 Å². The second-order valence-electron chi connectivity index (χ2n) is 5.52. The molecule has 0 unspecified atom stereocenters. The van der Waals surface area contributed by atoms with Gasteiger partial charge in [0.15, 0.2) is 5.89 Å². The molecule has 2 heterocycles. The van der Waals surface area contributed by atoms with Gasteiger partial charge in [0, 0.05) is 31.6 Å². The van der Waals surface area contributed by atoms with Gasteiger partial charge in [0.1, 0.15) is 12.0 Å². The van der Waals surface area contributed by atoms with Crippen molar-refractivity contribution in [1.29, 1.82) is 0 Å². The van der Waals surface area contributed by atoms with Gasteiger partial charge < -0.3 is 10.2 Å². The largest absolute Gasteiger partial charge is 0.449 e. The van der Waals surface area contributed by atoms with Crippen molar-refractivity contribution in [2.75, 3.05) is 13.1 Å². The fourth-order valence-corrected chi connectivity index (χ4v) is 4.03. The number of aromatic nitrogens is 1. The average Bonchev–Trinajstić information content (AvgIpc) is 2.94. The van der Waals surface area contributed by atoms with Gasteiger partial charge in [-0.05, 0) is 25.0 Å². The Morgan fingerprint density at radius 1 is 1.23 bits per heavy atom. The van der Waals surface area contributed by atoms with Gasteiger partial charge in [-0.1, -0.05) is 12.1 Å². The SMILES string of the molecule is Cc1nc(-c2ccc(S(=O)(=O)N3CCC(N)CC3)cc2)co1. The Kier molecular flexibility index (Phi) is 4.03. The summed E-state index contributed by atoms with van der Waals surface area (Å²) in [5.74, 6) is 0.580. The molecule has 0 bridgehead atoms. The molecule has 0 atom stereocenters. The summed E-state index contributed by atoms with van der Waals surface area (Å²) in [6.45, 7) is 2.73. The maximum absolute atomic E-state index is 12.6. The van der Waals surface area contributed by atoms with E-state index in [4.69, 9.17) is 10.2 Å². The molecule has 2 aromatic rings. The molecule has 1 aliphatic heterocycles. The molecule has 1 aromatic carbocycles. The zero-order valence-corrected chi connectivity index (χ0v) is 13.2. The fourth-order valence-electron chi connectivity index (χ4n) is 2.56. The zero-order valence-electron chi connectivity index (χ0n) is 12.4. The highest BCUT2D eigenvalue weighted by Gasteiger charge is 2.28. The third-order valence-electron chi connectivity index (χ3n) is 3.91. The second-order valence-corrected chi connectivity index (χ2v) is 7.46. The number of sulfonamides is 1. The number of nitrogens with zero attached hydrogens (tertiary/aromatic N) is 2. The lowest BCUT2D eigenvalue weighted by Crippen LogP contribution is -2.42. The lowest BCUT2D eigenvalue weighted by Gasteiger charge is -2.29. The summed E-state index contributed by atoms with van der Waals surface area (Å²) < 4.78 is 31.9. The Bertz CT molecular complexity index is 745. The standard InChI is InChI=1S/C15H19N3O3S/c1-11-17-15(10-21-11)12-2-4-14(5-3-12)22(19,20)18-8-6-13(16)7-9-18/h2-5,10,13H,6-9,16H2,1H3. The number of rotatable bonds is 3. The molecule has 118 valence electrons. The van der Waals surface area contributed by atoms with Crippen molar-refractivity contribution in [2.45, 2.75) is 30.7 Å². The van der Waals surface area contributed by atoms with Crippen molar-refractivity contribution in [3.8, 4) is 11.3 Å². The molecule has 0 radical (unpaired) electrons. The molecule has 0 amide bonds. The van der Waals surface area contributed by atoms with Gasteiger partial charge in [0.05, 0.1) is 4.90 Å². The second kappa shape index (κ2) is 5.83. The lowest BCUT2D eigenvalue weighted by atomic mass is 10.1. The number of nitrogens with two attached hydrogens (primary N) is 1. The molecule has 1 aliphatic rings. The quantitative estimate of drug-likeness (QED) is 0.930. The van der Waals surface area contributed by atoms with Crippen LogP contribution in [0, 0.1) is 6.92 Å². The van der Waals surface area contributed by atoms with Crippen molar-refractivity contribution in [1.82, 2.24) is 9.29 Å². The van der Waals surface area contributed by atoms with E-state index in [2.05, 4.69) is 4.98 Å². The van der Waals surface area contributed by atoms with Crippen LogP contribution in [-0.4, -0.2) is 36.8 Å². The molecule has 2 N–H and O–H groups in total. The van der Waals surface area contributed by atoms with Crippen LogP contribution in [0.5, 0.6) is 0 Å². The molecule has 6 nitrogen and oxygen atoms in total. The van der Waals surface area contributed by atoms with Crippen molar-refractivity contribution < 1.29 is 12.8 Å². The first-order chi connectivity index (χ1) is 10.5. The van der Waals surface area contributed by atoms with E-state index in [0.29, 0.717) is 42.4 Å². The number of piperidine rings is 1. The highest BCUT2D eigenvalue weighted by atomic mass is 32.2. The smallest absolute Gasteiger partial charge is 0.243 e. The van der Waals surface area contributed by atoms with Crippen LogP contribution in [-0.2, 0) is 10.0 Å². The minimum absolute atomic E-state index is 0.101. The summed E-state index contributed by atoms with van der Waals surface area (Å²) in [6, 6.07) is 6.83. The van der Waals surface area contributed by atoms with Crippen molar-refractivity contribution in [3.05, 3.63) is 36.4 Å². The first kappa shape index (κ1) is 15.2. The summed E-state index contributed by atoms with van der Waals surface area (Å²) in [4.78, 5) is 4.53. The summed E-state index contributed by atoms with van der Waals surface area (Å²) >= 11 is 0. The molecule has 3 rings (SSSR count). The van der Waals surface area contributed by atoms with E-state index in [1.54, 1.807) is 37.5 Å². The van der Waals surface area contributed by atoms with Gasteiger partial charge in [0.2, 0.25) is 10.0 Å². The van der Waals surface area contributed by atoms with Crippen LogP contribution in [0.25, 0.3) is 11.3 Å². The van der Waals surface area contributed by atoms with Crippen LogP contribution in [0.15, 0.2) is 39.8 Å². The van der Waals surface area contributed by atoms with E-state index >= 15 is 0 Å². The predicted molar refractivity (Wildman–Crippen MR) is 82.6 cm³/mol. The predicted octanol–water partition coefficient (Wildman–Crippen LogP) is 1.76. The van der Waals surface area contributed by atoms with E-state index < -0.39 is 10.0 Å². The van der Waals surface area contributed by atoms with Crippen LogP contribution in [0.4, 0.5) is 0 Å². The Morgan fingerprint density at radius 3 is 2.41 bits per heavy atom. The van der Waals surface area contributed by atoms with Crippen LogP contribution in [0.1, 0.15) is 18.7 Å². The number of hydrogen-bond donors (Lipinski definition) is 1. The maximum Gasteiger partial charge on any atom is 0.243 e. The Balaban J connectivity index is 1.82. The molecule has 0 spiro atoms. The minimum atomic E-state index is -3.45. The molecule has 1 fully saturated rings. The van der Waals surface area contributed by atoms with Gasteiger partial charge in [-0.2, -0.15) is 4.31 Å². The van der Waals surface area contributed by atoms with Gasteiger partial charge >= 0.3 is 0 Å². The van der Waals surface area contributed by atoms with Crippen molar-refractivity contribution in [3.63, 3.8) is 0 Å². The molecule has 7 heteroatoms. The molecular weight excluding hydrogens is 302 g/mol. The normalized spacial score (nSPS) is 17.7. The highest BCUT2D eigenvalue weighted by molar-refractivity contribution is 7.89. The number of hydrogen-bond acceptors (Lipinski definition) is 5. The fraction of sp³-hybridized carbons (Fsp3) is 0.400. The van der Waals surface area contributed by atoms with Crippen LogP contribution >= 0.6 is 0 Å². The number of aryl methyl sites for hydroxylation is 1. The monoisotopic (exact) mass is 321 g/mol. The zero-order chi connectivity index (χ0) is 15.7. The molecule has 0 aliphatic carbocycles. The Hall–Kier alpha value is -1.70. The average molecular weight is 321 g/mol. The van der Waals surface area contributed by atoms with Gasteiger partial charge in [-0.3, -0.25) is 0 Å². The highest BCUT2D eigenvalue weighted by Crippen LogP contribution is 2.24. The van der Waals surface area contributed by atoms with Crippen molar-refractivity contribution in [2.24, 2.45) is 5.73 Å². The number of benzene rings is 1. The molecule has 1 aromatic heterocycles. The summed E-state index contributed by atoms with van der Waals surface area (Å²) in [5.41, 5.74) is 7.36. The van der Waals surface area contributed by atoms with Crippen LogP contribution < -0.4 is 5.73 Å². The Morgan fingerprint density at radius 2 is 1.86 bits per heavy atom. The lowest BCUT2D eigenvalue weighted by molar-refractivity contribution is 0.320. The Labute approximate surface area is 130 Å². The van der Waals surface area contributed by atoms with E-state index in [0.717, 1.165) is 5.56 Å². The van der Waals surface area contributed by atoms with E-state index in [1.807, 2.05) is 0 Å². The minimum Gasteiger partial charge on any atom is -0.449 e. The number of oxazole rings is 1. The van der Waals surface area contributed by atoms with Gasteiger partial charge in [-0.25, -0.2) is 13.4 Å². The first-order valence-corrected chi connectivity index (χ1v) is 8.69. The summed E-state index contributed by atoms with van der Waals surface area (Å²) in [6.07, 6.45) is 2.97. The molecular formula is C15H19N3O3S. The van der Waals surface area contributed by atoms with Crippen LogP contribution in [0.2, 0.25) is 0 Å². The van der Waals surface area contributed by atoms with Gasteiger partial charge in [-0.15, -0.1) is 0 Å².